The minimum atomic E-state index is -0.578. The number of carbonyl (C=O) groups excluding carboxylic acids is 2. The molecule has 0 spiro atoms. The van der Waals surface area contributed by atoms with E-state index in [4.69, 9.17) is 14.2 Å². The van der Waals surface area contributed by atoms with Gasteiger partial charge in [-0.3, -0.25) is 9.69 Å². The largest absolute Gasteiger partial charge is 0.454 e. The summed E-state index contributed by atoms with van der Waals surface area (Å²) in [5.41, 5.74) is 0.373. The Bertz CT molecular complexity index is 698. The molecule has 7 nitrogen and oxygen atoms in total. The van der Waals surface area contributed by atoms with Crippen molar-refractivity contribution in [3.8, 4) is 11.5 Å². The summed E-state index contributed by atoms with van der Waals surface area (Å²) in [5, 5.41) is 0. The van der Waals surface area contributed by atoms with Crippen LogP contribution in [0.2, 0.25) is 0 Å². The van der Waals surface area contributed by atoms with E-state index in [1.54, 1.807) is 16.8 Å². The van der Waals surface area contributed by atoms with Crippen molar-refractivity contribution >= 4 is 12.0 Å². The van der Waals surface area contributed by atoms with E-state index in [0.717, 1.165) is 17.7 Å². The topological polar surface area (TPSA) is 68.3 Å². The van der Waals surface area contributed by atoms with Crippen molar-refractivity contribution in [1.82, 2.24) is 9.80 Å². The Balaban J connectivity index is 1.64. The number of rotatable bonds is 3. The number of fused-ring (bicyclic) bond motifs is 1. The summed E-state index contributed by atoms with van der Waals surface area (Å²) in [6, 6.07) is 5.17. The number of amides is 2. The summed E-state index contributed by atoms with van der Waals surface area (Å²) in [5.74, 6) is 1.33. The predicted molar refractivity (Wildman–Crippen MR) is 95.0 cm³/mol. The van der Waals surface area contributed by atoms with Crippen LogP contribution in [0, 0.1) is 0 Å². The Morgan fingerprint density at radius 2 is 2.00 bits per heavy atom. The number of hydrogen-bond acceptors (Lipinski definition) is 5. The van der Waals surface area contributed by atoms with Gasteiger partial charge in [0, 0.05) is 20.1 Å². The fourth-order valence-corrected chi connectivity index (χ4v) is 3.21. The summed E-state index contributed by atoms with van der Waals surface area (Å²) < 4.78 is 16.1. The number of hydrogen-bond donors (Lipinski definition) is 0. The quantitative estimate of drug-likeness (QED) is 0.827. The lowest BCUT2D eigenvalue weighted by Gasteiger charge is -2.30. The molecule has 1 fully saturated rings. The lowest BCUT2D eigenvalue weighted by molar-refractivity contribution is -0.135. The molecule has 1 saturated heterocycles. The molecule has 2 aliphatic heterocycles. The van der Waals surface area contributed by atoms with Crippen LogP contribution in [0.4, 0.5) is 4.79 Å². The van der Waals surface area contributed by atoms with Crippen LogP contribution in [0.5, 0.6) is 11.5 Å². The molecule has 2 heterocycles. The molecule has 0 radical (unpaired) electrons. The van der Waals surface area contributed by atoms with Crippen molar-refractivity contribution in [1.29, 1.82) is 0 Å². The highest BCUT2D eigenvalue weighted by molar-refractivity contribution is 5.86. The van der Waals surface area contributed by atoms with Gasteiger partial charge in [0.1, 0.15) is 11.6 Å². The summed E-state index contributed by atoms with van der Waals surface area (Å²) >= 11 is 0. The zero-order chi connectivity index (χ0) is 18.9. The number of ether oxygens (including phenoxy) is 3. The molecule has 1 aromatic rings. The Kier molecular flexibility index (Phi) is 4.98. The van der Waals surface area contributed by atoms with Gasteiger partial charge in [0.15, 0.2) is 11.5 Å². The van der Waals surface area contributed by atoms with Gasteiger partial charge in [-0.05, 0) is 51.3 Å². The molecule has 7 heteroatoms. The Hall–Kier alpha value is -2.44. The molecular formula is C19H26N2O5. The second kappa shape index (κ2) is 7.05. The number of likely N-dealkylation sites (tertiary alicyclic amines) is 1. The summed E-state index contributed by atoms with van der Waals surface area (Å²) in [4.78, 5) is 28.5. The van der Waals surface area contributed by atoms with Crippen LogP contribution in [0.25, 0.3) is 0 Å². The summed E-state index contributed by atoms with van der Waals surface area (Å²) in [7, 11) is 1.75. The normalized spacial score (nSPS) is 18.8. The Labute approximate surface area is 153 Å². The first kappa shape index (κ1) is 18.4. The Morgan fingerprint density at radius 1 is 1.27 bits per heavy atom. The second-order valence-corrected chi connectivity index (χ2v) is 7.71. The smallest absolute Gasteiger partial charge is 0.410 e. The molecule has 2 aliphatic rings. The van der Waals surface area contributed by atoms with E-state index in [-0.39, 0.29) is 12.7 Å². The van der Waals surface area contributed by atoms with Crippen LogP contribution in [0.15, 0.2) is 18.2 Å². The lowest BCUT2D eigenvalue weighted by Crippen LogP contribution is -2.47. The van der Waals surface area contributed by atoms with Crippen LogP contribution < -0.4 is 9.47 Å². The van der Waals surface area contributed by atoms with E-state index in [1.807, 2.05) is 39.0 Å². The molecule has 2 amide bonds. The maximum atomic E-state index is 12.9. The van der Waals surface area contributed by atoms with E-state index in [1.165, 1.54) is 0 Å². The first-order valence-corrected chi connectivity index (χ1v) is 8.88. The number of nitrogens with zero attached hydrogens (tertiary/aromatic N) is 2. The predicted octanol–water partition coefficient (Wildman–Crippen LogP) is 2.77. The molecule has 1 atom stereocenters. The monoisotopic (exact) mass is 362 g/mol. The minimum absolute atomic E-state index is 0.0778. The molecule has 0 saturated carbocycles. The average molecular weight is 362 g/mol. The highest BCUT2D eigenvalue weighted by atomic mass is 16.7. The van der Waals surface area contributed by atoms with Crippen LogP contribution >= 0.6 is 0 Å². The van der Waals surface area contributed by atoms with Crippen molar-refractivity contribution in [2.75, 3.05) is 20.4 Å². The zero-order valence-electron chi connectivity index (χ0n) is 15.8. The van der Waals surface area contributed by atoms with Gasteiger partial charge in [0.05, 0.1) is 0 Å². The maximum absolute atomic E-state index is 12.9. The zero-order valence-corrected chi connectivity index (χ0v) is 15.8. The van der Waals surface area contributed by atoms with Gasteiger partial charge in [-0.25, -0.2) is 4.79 Å². The van der Waals surface area contributed by atoms with Crippen LogP contribution in [-0.4, -0.2) is 53.8 Å². The third kappa shape index (κ3) is 4.03. The molecule has 0 N–H and O–H groups in total. The van der Waals surface area contributed by atoms with Crippen LogP contribution in [0.3, 0.4) is 0 Å². The number of benzene rings is 1. The molecule has 0 aliphatic carbocycles. The lowest BCUT2D eigenvalue weighted by atomic mass is 10.1. The Morgan fingerprint density at radius 3 is 2.73 bits per heavy atom. The van der Waals surface area contributed by atoms with Crippen molar-refractivity contribution in [3.63, 3.8) is 0 Å². The summed E-state index contributed by atoms with van der Waals surface area (Å²) in [6.07, 6.45) is 1.03. The van der Waals surface area contributed by atoms with E-state index in [9.17, 15) is 9.59 Å². The van der Waals surface area contributed by atoms with Gasteiger partial charge in [0.2, 0.25) is 12.7 Å². The molecule has 26 heavy (non-hydrogen) atoms. The minimum Gasteiger partial charge on any atom is -0.454 e. The third-order valence-electron chi connectivity index (χ3n) is 4.40. The number of carbonyl (C=O) groups is 2. The molecule has 0 aromatic heterocycles. The third-order valence-corrected chi connectivity index (χ3v) is 4.40. The number of likely N-dealkylation sites (N-methyl/N-ethyl adjacent to an activating group) is 1. The maximum Gasteiger partial charge on any atom is 0.410 e. The van der Waals surface area contributed by atoms with Gasteiger partial charge in [-0.1, -0.05) is 6.07 Å². The van der Waals surface area contributed by atoms with Crippen molar-refractivity contribution in [2.24, 2.45) is 0 Å². The highest BCUT2D eigenvalue weighted by Gasteiger charge is 2.37. The van der Waals surface area contributed by atoms with Gasteiger partial charge in [0.25, 0.3) is 0 Å². The van der Waals surface area contributed by atoms with Crippen molar-refractivity contribution in [2.45, 2.75) is 51.8 Å². The molecule has 1 unspecified atom stereocenters. The molecule has 3 rings (SSSR count). The van der Waals surface area contributed by atoms with Crippen molar-refractivity contribution < 1.29 is 23.8 Å². The van der Waals surface area contributed by atoms with Crippen molar-refractivity contribution in [3.05, 3.63) is 23.8 Å². The van der Waals surface area contributed by atoms with Gasteiger partial charge in [-0.2, -0.15) is 0 Å². The van der Waals surface area contributed by atoms with Gasteiger partial charge >= 0.3 is 6.09 Å². The average Bonchev–Trinajstić information content (AvgIpc) is 3.21. The molecule has 142 valence electrons. The van der Waals surface area contributed by atoms with Gasteiger partial charge in [-0.15, -0.1) is 0 Å². The van der Waals surface area contributed by atoms with E-state index >= 15 is 0 Å². The molecular weight excluding hydrogens is 336 g/mol. The van der Waals surface area contributed by atoms with E-state index in [2.05, 4.69) is 0 Å². The van der Waals surface area contributed by atoms with E-state index < -0.39 is 17.7 Å². The van der Waals surface area contributed by atoms with Crippen LogP contribution in [-0.2, 0) is 16.1 Å². The second-order valence-electron chi connectivity index (χ2n) is 7.71. The molecule has 1 aromatic carbocycles. The highest BCUT2D eigenvalue weighted by Crippen LogP contribution is 2.33. The standard InChI is InChI=1S/C19H26N2O5/c1-19(2,3)26-18(23)21-9-5-6-14(21)17(22)20(4)11-13-7-8-15-16(10-13)25-12-24-15/h7-8,10,14H,5-6,9,11-12H2,1-4H3. The van der Waals surface area contributed by atoms with E-state index in [0.29, 0.717) is 25.3 Å². The van der Waals surface area contributed by atoms with Crippen LogP contribution in [0.1, 0.15) is 39.2 Å². The first-order chi connectivity index (χ1) is 12.2. The van der Waals surface area contributed by atoms with Gasteiger partial charge < -0.3 is 19.1 Å². The first-order valence-electron chi connectivity index (χ1n) is 8.88. The SMILES string of the molecule is CN(Cc1ccc2c(c1)OCO2)C(=O)C1CCCN1C(=O)OC(C)(C)C. The molecule has 0 bridgehead atoms. The summed E-state index contributed by atoms with van der Waals surface area (Å²) in [6.45, 7) is 6.68. The fraction of sp³-hybridized carbons (Fsp3) is 0.579. The fourth-order valence-electron chi connectivity index (χ4n) is 3.21.